The molecule has 0 aromatic heterocycles. The number of nitro benzene ring substituents is 1. The second kappa shape index (κ2) is 6.46. The van der Waals surface area contributed by atoms with E-state index in [2.05, 4.69) is 4.72 Å². The van der Waals surface area contributed by atoms with Gasteiger partial charge in [0.15, 0.2) is 0 Å². The van der Waals surface area contributed by atoms with Gasteiger partial charge in [-0.1, -0.05) is 17.7 Å². The zero-order valence-corrected chi connectivity index (χ0v) is 13.8. The molecule has 24 heavy (non-hydrogen) atoms. The third-order valence-electron chi connectivity index (χ3n) is 3.13. The van der Waals surface area contributed by atoms with E-state index in [0.717, 1.165) is 18.2 Å². The van der Waals surface area contributed by atoms with E-state index in [9.17, 15) is 23.3 Å². The van der Waals surface area contributed by atoms with Gasteiger partial charge in [0.05, 0.1) is 21.1 Å². The van der Waals surface area contributed by atoms with E-state index in [1.165, 1.54) is 25.1 Å². The van der Waals surface area contributed by atoms with Crippen molar-refractivity contribution >= 4 is 39.0 Å². The zero-order chi connectivity index (χ0) is 18.1. The van der Waals surface area contributed by atoms with Gasteiger partial charge in [0.2, 0.25) is 0 Å². The molecule has 0 aliphatic rings. The van der Waals surface area contributed by atoms with E-state index in [0.29, 0.717) is 0 Å². The number of hydrogen-bond donors (Lipinski definition) is 2. The molecule has 0 saturated carbocycles. The summed E-state index contributed by atoms with van der Waals surface area (Å²) in [6.45, 7) is 1.47. The molecule has 2 rings (SSSR count). The van der Waals surface area contributed by atoms with Crippen LogP contribution in [0.15, 0.2) is 41.3 Å². The summed E-state index contributed by atoms with van der Waals surface area (Å²) >= 11 is 5.78. The highest BCUT2D eigenvalue weighted by Crippen LogP contribution is 2.27. The second-order valence-corrected chi connectivity index (χ2v) is 6.89. The summed E-state index contributed by atoms with van der Waals surface area (Å²) < 4.78 is 27.1. The Hall–Kier alpha value is -2.65. The molecule has 0 spiro atoms. The number of nitrogens with one attached hydrogen (secondary N) is 1. The number of non-ortho nitro benzene ring substituents is 1. The number of hydrogen-bond acceptors (Lipinski definition) is 5. The van der Waals surface area contributed by atoms with Gasteiger partial charge in [-0.15, -0.1) is 0 Å². The highest BCUT2D eigenvalue weighted by Gasteiger charge is 2.23. The van der Waals surface area contributed by atoms with Crippen molar-refractivity contribution in [3.63, 3.8) is 0 Å². The van der Waals surface area contributed by atoms with Gasteiger partial charge in [0.25, 0.3) is 15.7 Å². The number of aryl methyl sites for hydroxylation is 1. The number of benzene rings is 2. The first-order chi connectivity index (χ1) is 11.1. The van der Waals surface area contributed by atoms with Crippen molar-refractivity contribution in [1.82, 2.24) is 0 Å². The fourth-order valence-corrected chi connectivity index (χ4v) is 3.49. The number of carboxylic acids is 1. The first-order valence-corrected chi connectivity index (χ1v) is 8.28. The van der Waals surface area contributed by atoms with E-state index in [-0.39, 0.29) is 26.7 Å². The zero-order valence-electron chi connectivity index (χ0n) is 12.2. The highest BCUT2D eigenvalue weighted by atomic mass is 35.5. The Morgan fingerprint density at radius 1 is 1.25 bits per heavy atom. The summed E-state index contributed by atoms with van der Waals surface area (Å²) in [7, 11) is -4.25. The number of nitro groups is 1. The molecule has 0 unspecified atom stereocenters. The summed E-state index contributed by atoms with van der Waals surface area (Å²) in [5, 5.41) is 20.1. The summed E-state index contributed by atoms with van der Waals surface area (Å²) in [6, 6.07) is 6.99. The number of rotatable bonds is 5. The number of nitrogens with zero attached hydrogens (tertiary/aromatic N) is 1. The molecule has 8 nitrogen and oxygen atoms in total. The van der Waals surface area contributed by atoms with Crippen molar-refractivity contribution in [2.45, 2.75) is 11.8 Å². The Kier molecular flexibility index (Phi) is 4.76. The number of anilines is 1. The van der Waals surface area contributed by atoms with Crippen molar-refractivity contribution in [3.8, 4) is 0 Å². The average molecular weight is 371 g/mol. The van der Waals surface area contributed by atoms with E-state index >= 15 is 0 Å². The first-order valence-electron chi connectivity index (χ1n) is 6.42. The predicted octanol–water partition coefficient (Wildman–Crippen LogP) is 3.06. The van der Waals surface area contributed by atoms with Gasteiger partial charge in [-0.05, 0) is 30.7 Å². The van der Waals surface area contributed by atoms with Crippen molar-refractivity contribution in [1.29, 1.82) is 0 Å². The number of carbonyl (C=O) groups is 1. The van der Waals surface area contributed by atoms with Crippen molar-refractivity contribution in [3.05, 3.63) is 62.7 Å². The monoisotopic (exact) mass is 370 g/mol. The Bertz CT molecular complexity index is 942. The van der Waals surface area contributed by atoms with Crippen molar-refractivity contribution in [2.75, 3.05) is 4.72 Å². The SMILES string of the molecule is Cc1ccc([N+](=O)[O-])cc1S(=O)(=O)Nc1cc(Cl)ccc1C(=O)O. The van der Waals surface area contributed by atoms with Gasteiger partial charge in [-0.2, -0.15) is 0 Å². The minimum atomic E-state index is -4.25. The fourth-order valence-electron chi connectivity index (χ4n) is 1.98. The topological polar surface area (TPSA) is 127 Å². The van der Waals surface area contributed by atoms with Gasteiger partial charge in [-0.3, -0.25) is 14.8 Å². The van der Waals surface area contributed by atoms with Crippen LogP contribution in [-0.2, 0) is 10.0 Å². The van der Waals surface area contributed by atoms with Gasteiger partial charge in [-0.25, -0.2) is 13.2 Å². The number of halogens is 1. The molecular formula is C14H11ClN2O6S. The van der Waals surface area contributed by atoms with Gasteiger partial charge in [0, 0.05) is 17.2 Å². The van der Waals surface area contributed by atoms with Crippen LogP contribution in [0.3, 0.4) is 0 Å². The number of aromatic carboxylic acids is 1. The molecule has 126 valence electrons. The fraction of sp³-hybridized carbons (Fsp3) is 0.0714. The van der Waals surface area contributed by atoms with Crippen LogP contribution in [0.2, 0.25) is 5.02 Å². The normalized spacial score (nSPS) is 11.1. The molecule has 2 aromatic rings. The first kappa shape index (κ1) is 17.7. The molecule has 0 atom stereocenters. The predicted molar refractivity (Wildman–Crippen MR) is 87.1 cm³/mol. The quantitative estimate of drug-likeness (QED) is 0.615. The summed E-state index contributed by atoms with van der Waals surface area (Å²) in [4.78, 5) is 21.0. The van der Waals surface area contributed by atoms with Gasteiger partial charge >= 0.3 is 5.97 Å². The van der Waals surface area contributed by atoms with Gasteiger partial charge < -0.3 is 5.11 Å². The minimum Gasteiger partial charge on any atom is -0.478 e. The van der Waals surface area contributed by atoms with Crippen LogP contribution in [0.4, 0.5) is 11.4 Å². The molecule has 10 heteroatoms. The lowest BCUT2D eigenvalue weighted by atomic mass is 10.2. The molecule has 2 N–H and O–H groups in total. The van der Waals surface area contributed by atoms with Crippen molar-refractivity contribution < 1.29 is 23.2 Å². The molecule has 0 aliphatic heterocycles. The van der Waals surface area contributed by atoms with E-state index in [1.807, 2.05) is 0 Å². The van der Waals surface area contributed by atoms with Crippen LogP contribution in [0.5, 0.6) is 0 Å². The maximum atomic E-state index is 12.5. The molecular weight excluding hydrogens is 360 g/mol. The largest absolute Gasteiger partial charge is 0.478 e. The molecule has 0 fully saturated rings. The van der Waals surface area contributed by atoms with Crippen LogP contribution < -0.4 is 4.72 Å². The minimum absolute atomic E-state index is 0.133. The summed E-state index contributed by atoms with van der Waals surface area (Å²) in [5.74, 6) is -1.35. The lowest BCUT2D eigenvalue weighted by Gasteiger charge is -2.12. The molecule has 0 saturated heterocycles. The Balaban J connectivity index is 2.54. The lowest BCUT2D eigenvalue weighted by molar-refractivity contribution is -0.385. The summed E-state index contributed by atoms with van der Waals surface area (Å²) in [6.07, 6.45) is 0. The highest BCUT2D eigenvalue weighted by molar-refractivity contribution is 7.92. The van der Waals surface area contributed by atoms with Crippen LogP contribution in [0, 0.1) is 17.0 Å². The van der Waals surface area contributed by atoms with Crippen LogP contribution >= 0.6 is 11.6 Å². The van der Waals surface area contributed by atoms with Gasteiger partial charge in [0.1, 0.15) is 0 Å². The summed E-state index contributed by atoms with van der Waals surface area (Å²) in [5.41, 5.74) is -0.663. The molecule has 0 radical (unpaired) electrons. The van der Waals surface area contributed by atoms with E-state index in [4.69, 9.17) is 16.7 Å². The Morgan fingerprint density at radius 3 is 2.50 bits per heavy atom. The standard InChI is InChI=1S/C14H11ClN2O6S/c1-8-2-4-10(17(20)21)7-13(8)24(22,23)16-12-6-9(15)3-5-11(12)14(18)19/h2-7,16H,1H3,(H,18,19). The Morgan fingerprint density at radius 2 is 1.92 bits per heavy atom. The Labute approximate surface area is 141 Å². The van der Waals surface area contributed by atoms with E-state index in [1.54, 1.807) is 0 Å². The van der Waals surface area contributed by atoms with E-state index < -0.39 is 26.6 Å². The van der Waals surface area contributed by atoms with Crippen LogP contribution in [0.25, 0.3) is 0 Å². The number of sulfonamides is 1. The second-order valence-electron chi connectivity index (χ2n) is 4.81. The third-order valence-corrected chi connectivity index (χ3v) is 4.87. The molecule has 0 heterocycles. The number of carboxylic acid groups (broad SMARTS) is 1. The van der Waals surface area contributed by atoms with Crippen LogP contribution in [-0.4, -0.2) is 24.4 Å². The molecule has 0 aliphatic carbocycles. The molecule has 2 aromatic carbocycles. The van der Waals surface area contributed by atoms with Crippen LogP contribution in [0.1, 0.15) is 15.9 Å². The average Bonchev–Trinajstić information content (AvgIpc) is 2.46. The maximum Gasteiger partial charge on any atom is 0.337 e. The lowest BCUT2D eigenvalue weighted by Crippen LogP contribution is -2.17. The van der Waals surface area contributed by atoms with Crippen molar-refractivity contribution in [2.24, 2.45) is 0 Å². The molecule has 0 amide bonds. The third kappa shape index (κ3) is 3.63. The maximum absolute atomic E-state index is 12.5. The smallest absolute Gasteiger partial charge is 0.337 e. The molecule has 0 bridgehead atoms.